The summed E-state index contributed by atoms with van der Waals surface area (Å²) in [4.78, 5) is 67.8. The number of aromatic nitrogens is 4. The van der Waals surface area contributed by atoms with Crippen molar-refractivity contribution in [1.82, 2.24) is 34.9 Å². The molecule has 0 aliphatic carbocycles. The predicted molar refractivity (Wildman–Crippen MR) is 258 cm³/mol. The number of methoxy groups -OCH3 is 1. The third-order valence-corrected chi connectivity index (χ3v) is 15.0. The fourth-order valence-electron chi connectivity index (χ4n) is 9.39. The lowest BCUT2D eigenvalue weighted by Gasteiger charge is -2.39. The lowest BCUT2D eigenvalue weighted by atomic mass is 9.92. The van der Waals surface area contributed by atoms with Crippen molar-refractivity contribution in [2.24, 2.45) is 13.0 Å². The summed E-state index contributed by atoms with van der Waals surface area (Å²) in [7, 11) is 2.94. The second-order valence-electron chi connectivity index (χ2n) is 17.5. The molecule has 3 N–H and O–H groups in total. The Morgan fingerprint density at radius 1 is 0.851 bits per heavy atom. The second-order valence-corrected chi connectivity index (χ2v) is 20.6. The van der Waals surface area contributed by atoms with E-state index in [1.165, 1.54) is 12.1 Å². The molecule has 5 aromatic rings. The van der Waals surface area contributed by atoms with Gasteiger partial charge in [0, 0.05) is 99.0 Å². The molecule has 3 fully saturated rings. The van der Waals surface area contributed by atoms with Gasteiger partial charge in [-0.2, -0.15) is 10.1 Å². The number of carbonyl (C=O) groups excluding carboxylic acids is 4. The van der Waals surface area contributed by atoms with Crippen LogP contribution in [-0.4, -0.2) is 125 Å². The minimum absolute atomic E-state index is 0.0137. The van der Waals surface area contributed by atoms with Crippen molar-refractivity contribution in [3.05, 3.63) is 88.3 Å². The zero-order valence-electron chi connectivity index (χ0n) is 37.6. The molecule has 9 rings (SSSR count). The van der Waals surface area contributed by atoms with E-state index >= 15 is 4.39 Å². The van der Waals surface area contributed by atoms with E-state index in [0.717, 1.165) is 90.8 Å². The number of nitrogens with zero attached hydrogens (tertiary/aromatic N) is 8. The standard InChI is InChI=1S/C47H51BrF2N11O5P/c1-57-26-28(24-52-57)30-21-36(54-47-51-25-33(48)43(56-47)53-35-6-5-29(49)19-41(35)67(3)4)40(66-2)23-38(30)60-17-15-58(16-18-60)12-9-27-10-13-59(14-11-27)39-22-32-31(20-34(39)50)45(64)61(46(32)65)37-7-8-42(62)55-44(37)63/h5-6,19-27,37H,7-18H2,1-4H3,(H,55,62,63)(H2,51,53,54,56). The molecule has 0 saturated carbocycles. The Morgan fingerprint density at radius 3 is 2.27 bits per heavy atom. The first-order valence-corrected chi connectivity index (χ1v) is 25.3. The van der Waals surface area contributed by atoms with Crippen molar-refractivity contribution < 1.29 is 32.7 Å². The van der Waals surface area contributed by atoms with E-state index in [1.54, 1.807) is 30.1 Å². The number of carbonyl (C=O) groups is 4. The van der Waals surface area contributed by atoms with E-state index < -0.39 is 43.4 Å². The summed E-state index contributed by atoms with van der Waals surface area (Å²) in [5.41, 5.74) is 4.69. The molecule has 0 radical (unpaired) electrons. The van der Waals surface area contributed by atoms with Gasteiger partial charge in [0.25, 0.3) is 11.8 Å². The fraction of sp³-hybridized carbons (Fsp3) is 0.383. The number of hydrogen-bond acceptors (Lipinski definition) is 13. The van der Waals surface area contributed by atoms with Gasteiger partial charge in [-0.25, -0.2) is 13.8 Å². The van der Waals surface area contributed by atoms with E-state index in [2.05, 4.69) is 65.1 Å². The van der Waals surface area contributed by atoms with Crippen LogP contribution in [0, 0.1) is 17.6 Å². The molecule has 0 bridgehead atoms. The number of piperidine rings is 2. The van der Waals surface area contributed by atoms with Gasteiger partial charge in [0.1, 0.15) is 29.2 Å². The van der Waals surface area contributed by atoms with E-state index in [9.17, 15) is 23.6 Å². The molecular formula is C47H51BrF2N11O5P. The van der Waals surface area contributed by atoms with E-state index in [-0.39, 0.29) is 35.5 Å². The summed E-state index contributed by atoms with van der Waals surface area (Å²) in [5, 5.41) is 14.3. The Kier molecular flexibility index (Phi) is 13.3. The van der Waals surface area contributed by atoms with Crippen LogP contribution in [-0.2, 0) is 16.6 Å². The summed E-state index contributed by atoms with van der Waals surface area (Å²) in [6.07, 6.45) is 8.28. The maximum Gasteiger partial charge on any atom is 0.262 e. The molecule has 3 saturated heterocycles. The summed E-state index contributed by atoms with van der Waals surface area (Å²) >= 11 is 3.57. The molecule has 1 unspecified atom stereocenters. The van der Waals surface area contributed by atoms with E-state index in [4.69, 9.17) is 9.72 Å². The molecule has 0 spiro atoms. The highest BCUT2D eigenvalue weighted by molar-refractivity contribution is 9.10. The summed E-state index contributed by atoms with van der Waals surface area (Å²) in [6.45, 7) is 9.64. The molecule has 4 aliphatic heterocycles. The maximum atomic E-state index is 15.6. The first kappa shape index (κ1) is 46.1. The Labute approximate surface area is 396 Å². The van der Waals surface area contributed by atoms with E-state index in [1.807, 2.05) is 36.5 Å². The van der Waals surface area contributed by atoms with E-state index in [0.29, 0.717) is 46.7 Å². The Bertz CT molecular complexity index is 2760. The van der Waals surface area contributed by atoms with Gasteiger partial charge >= 0.3 is 0 Å². The highest BCUT2D eigenvalue weighted by Gasteiger charge is 2.45. The number of anilines is 6. The molecule has 2 aromatic heterocycles. The Hall–Kier alpha value is -6.04. The number of piperazine rings is 1. The van der Waals surface area contributed by atoms with Gasteiger partial charge in [-0.3, -0.25) is 39.0 Å². The monoisotopic (exact) mass is 997 g/mol. The van der Waals surface area contributed by atoms with Crippen LogP contribution < -0.4 is 35.8 Å². The number of halogens is 3. The number of rotatable bonds is 13. The molecule has 4 aliphatic rings. The number of nitrogens with one attached hydrogen (secondary N) is 3. The van der Waals surface area contributed by atoms with Gasteiger partial charge in [0.15, 0.2) is 0 Å². The Balaban J connectivity index is 0.826. The normalized spacial score (nSPS) is 18.2. The smallest absolute Gasteiger partial charge is 0.262 e. The van der Waals surface area contributed by atoms with Crippen LogP contribution in [0.5, 0.6) is 5.75 Å². The lowest BCUT2D eigenvalue weighted by Crippen LogP contribution is -2.54. The highest BCUT2D eigenvalue weighted by atomic mass is 79.9. The average Bonchev–Trinajstić information content (AvgIpc) is 3.85. The van der Waals surface area contributed by atoms with Gasteiger partial charge in [0.05, 0.1) is 40.3 Å². The number of imide groups is 2. The average molecular weight is 999 g/mol. The van der Waals surface area contributed by atoms with Crippen molar-refractivity contribution in [2.75, 3.05) is 86.7 Å². The maximum absolute atomic E-state index is 15.6. The van der Waals surface area contributed by atoms with Crippen LogP contribution in [0.15, 0.2) is 65.5 Å². The molecule has 3 aromatic carbocycles. The first-order chi connectivity index (χ1) is 32.2. The number of fused-ring (bicyclic) bond motifs is 1. The van der Waals surface area contributed by atoms with Crippen molar-refractivity contribution >= 4 is 87.3 Å². The predicted octanol–water partition coefficient (Wildman–Crippen LogP) is 6.61. The number of ether oxygens (including phenoxy) is 1. The number of aryl methyl sites for hydroxylation is 1. The van der Waals surface area contributed by atoms with Crippen LogP contribution in [0.2, 0.25) is 0 Å². The van der Waals surface area contributed by atoms with Crippen LogP contribution in [0.4, 0.5) is 43.3 Å². The molecular weight excluding hydrogens is 947 g/mol. The minimum Gasteiger partial charge on any atom is -0.494 e. The molecule has 350 valence electrons. The second kappa shape index (κ2) is 19.3. The van der Waals surface area contributed by atoms with Crippen molar-refractivity contribution in [3.63, 3.8) is 0 Å². The van der Waals surface area contributed by atoms with Gasteiger partial charge in [-0.1, -0.05) is 7.92 Å². The molecule has 20 heteroatoms. The van der Waals surface area contributed by atoms with Gasteiger partial charge in [0.2, 0.25) is 17.8 Å². The molecule has 67 heavy (non-hydrogen) atoms. The zero-order chi connectivity index (χ0) is 47.1. The SMILES string of the molecule is COc1cc(N2CCN(CCC3CCN(c4cc5c(cc4F)C(=O)N(C4CCC(=O)NC4=O)C5=O)CC3)CC2)c(-c2cnn(C)c2)cc1Nc1ncc(Br)c(Nc2ccc(F)cc2P(C)C)n1. The van der Waals surface area contributed by atoms with Crippen LogP contribution in [0.3, 0.4) is 0 Å². The Morgan fingerprint density at radius 2 is 1.58 bits per heavy atom. The number of amides is 4. The third kappa shape index (κ3) is 9.59. The highest BCUT2D eigenvalue weighted by Crippen LogP contribution is 2.42. The molecule has 6 heterocycles. The lowest BCUT2D eigenvalue weighted by molar-refractivity contribution is -0.136. The van der Waals surface area contributed by atoms with Gasteiger partial charge in [-0.05, 0) is 104 Å². The zero-order valence-corrected chi connectivity index (χ0v) is 40.1. The quantitative estimate of drug-likeness (QED) is 0.0852. The fourth-order valence-corrected chi connectivity index (χ4v) is 10.7. The summed E-state index contributed by atoms with van der Waals surface area (Å²) in [5.74, 6) is -1.44. The van der Waals surface area contributed by atoms with Crippen LogP contribution >= 0.6 is 23.9 Å². The largest absolute Gasteiger partial charge is 0.494 e. The number of benzene rings is 3. The first-order valence-electron chi connectivity index (χ1n) is 22.3. The van der Waals surface area contributed by atoms with Gasteiger partial charge in [-0.15, -0.1) is 0 Å². The minimum atomic E-state index is -1.10. The van der Waals surface area contributed by atoms with Crippen molar-refractivity contribution in [2.45, 2.75) is 38.1 Å². The van der Waals surface area contributed by atoms with Gasteiger partial charge < -0.3 is 25.2 Å². The van der Waals surface area contributed by atoms with Crippen molar-refractivity contribution in [3.8, 4) is 16.9 Å². The summed E-state index contributed by atoms with van der Waals surface area (Å²) < 4.78 is 38.1. The third-order valence-electron chi connectivity index (χ3n) is 13.0. The summed E-state index contributed by atoms with van der Waals surface area (Å²) in [6, 6.07) is 10.3. The van der Waals surface area contributed by atoms with Crippen molar-refractivity contribution in [1.29, 1.82) is 0 Å². The molecule has 1 atom stereocenters. The topological polar surface area (TPSA) is 170 Å². The molecule has 16 nitrogen and oxygen atoms in total. The number of hydrogen-bond donors (Lipinski definition) is 3. The van der Waals surface area contributed by atoms with Crippen LogP contribution in [0.1, 0.15) is 52.8 Å². The molecule has 4 amide bonds. The van der Waals surface area contributed by atoms with Crippen LogP contribution in [0.25, 0.3) is 11.1 Å².